The minimum Gasteiger partial charge on any atom is -0.294 e. The lowest BCUT2D eigenvalue weighted by Gasteiger charge is -2.01. The van der Waals surface area contributed by atoms with Crippen LogP contribution in [-0.4, -0.2) is 20.5 Å². The summed E-state index contributed by atoms with van der Waals surface area (Å²) in [7, 11) is 0. The average Bonchev–Trinajstić information content (AvgIpc) is 2.75. The van der Waals surface area contributed by atoms with Gasteiger partial charge < -0.3 is 0 Å². The minimum absolute atomic E-state index is 0.0331. The molecule has 0 N–H and O–H groups in total. The second kappa shape index (κ2) is 4.22. The van der Waals surface area contributed by atoms with E-state index >= 15 is 0 Å². The molecule has 0 aromatic carbocycles. The number of nitrogens with zero attached hydrogens (tertiary/aromatic N) is 3. The quantitative estimate of drug-likeness (QED) is 0.742. The number of pyridine rings is 1. The molecule has 0 radical (unpaired) electrons. The predicted octanol–water partition coefficient (Wildman–Crippen LogP) is 2.00. The van der Waals surface area contributed by atoms with Gasteiger partial charge in [0.2, 0.25) is 0 Å². The third kappa shape index (κ3) is 1.98. The number of aromatic nitrogens is 3. The molecule has 16 heavy (non-hydrogen) atoms. The van der Waals surface area contributed by atoms with Crippen LogP contribution in [0.5, 0.6) is 0 Å². The summed E-state index contributed by atoms with van der Waals surface area (Å²) in [6.45, 7) is 1.79. The van der Waals surface area contributed by atoms with Gasteiger partial charge in [0.1, 0.15) is 0 Å². The first-order chi connectivity index (χ1) is 7.70. The van der Waals surface area contributed by atoms with Gasteiger partial charge >= 0.3 is 0 Å². The fourth-order valence-electron chi connectivity index (χ4n) is 1.32. The van der Waals surface area contributed by atoms with Crippen LogP contribution in [0.3, 0.4) is 0 Å². The number of halogens is 1. The van der Waals surface area contributed by atoms with E-state index < -0.39 is 5.82 Å². The largest absolute Gasteiger partial charge is 0.294 e. The fraction of sp³-hybridized carbons (Fsp3) is 0.182. The predicted molar refractivity (Wildman–Crippen MR) is 55.9 cm³/mol. The highest BCUT2D eigenvalue weighted by Crippen LogP contribution is 2.07. The van der Waals surface area contributed by atoms with Crippen LogP contribution in [0.4, 0.5) is 4.39 Å². The van der Waals surface area contributed by atoms with Crippen molar-refractivity contribution < 1.29 is 9.18 Å². The Balaban J connectivity index is 2.29. The highest BCUT2D eigenvalue weighted by Gasteiger charge is 2.05. The number of Topliss-reactive ketones (excluding diaryl/α,β-unsaturated/α-hetero) is 1. The number of hydrogen-bond donors (Lipinski definition) is 0. The van der Waals surface area contributed by atoms with Crippen molar-refractivity contribution in [2.45, 2.75) is 13.3 Å². The molecule has 2 aromatic rings. The molecule has 0 fully saturated rings. The number of ketones is 1. The maximum atomic E-state index is 12.7. The summed E-state index contributed by atoms with van der Waals surface area (Å²) in [6, 6.07) is 3.29. The topological polar surface area (TPSA) is 47.8 Å². The van der Waals surface area contributed by atoms with Gasteiger partial charge in [-0.05, 0) is 12.1 Å². The van der Waals surface area contributed by atoms with E-state index in [0.29, 0.717) is 17.8 Å². The third-order valence-corrected chi connectivity index (χ3v) is 2.18. The van der Waals surface area contributed by atoms with Crippen molar-refractivity contribution in [1.29, 1.82) is 0 Å². The molecular formula is C11H10FN3O. The highest BCUT2D eigenvalue weighted by atomic mass is 19.1. The van der Waals surface area contributed by atoms with E-state index in [4.69, 9.17) is 0 Å². The van der Waals surface area contributed by atoms with E-state index in [9.17, 15) is 9.18 Å². The Labute approximate surface area is 91.7 Å². The molecule has 2 rings (SSSR count). The highest BCUT2D eigenvalue weighted by molar-refractivity contribution is 5.95. The van der Waals surface area contributed by atoms with E-state index in [1.165, 1.54) is 17.1 Å². The Kier molecular flexibility index (Phi) is 2.76. The second-order valence-corrected chi connectivity index (χ2v) is 3.28. The second-order valence-electron chi connectivity index (χ2n) is 3.28. The van der Waals surface area contributed by atoms with Crippen molar-refractivity contribution in [3.8, 4) is 5.82 Å². The normalized spacial score (nSPS) is 10.4. The molecule has 0 unspecified atom stereocenters. The molecule has 0 aliphatic carbocycles. The van der Waals surface area contributed by atoms with Gasteiger partial charge in [-0.3, -0.25) is 4.79 Å². The van der Waals surface area contributed by atoms with Gasteiger partial charge in [-0.1, -0.05) is 6.92 Å². The van der Waals surface area contributed by atoms with Gasteiger partial charge in [-0.2, -0.15) is 5.10 Å². The van der Waals surface area contributed by atoms with Crippen LogP contribution in [0, 0.1) is 5.82 Å². The summed E-state index contributed by atoms with van der Waals surface area (Å²) in [6.07, 6.45) is 4.24. The van der Waals surface area contributed by atoms with E-state index in [-0.39, 0.29) is 5.78 Å². The molecule has 0 saturated carbocycles. The summed E-state index contributed by atoms with van der Waals surface area (Å²) in [5, 5.41) is 3.77. The van der Waals surface area contributed by atoms with Gasteiger partial charge in [0.15, 0.2) is 17.4 Å². The smallest absolute Gasteiger partial charge is 0.164 e. The SMILES string of the molecule is CCC(=O)c1ccc(-n2cc(F)cn2)nc1. The molecule has 82 valence electrons. The summed E-state index contributed by atoms with van der Waals surface area (Å²) < 4.78 is 14.0. The molecule has 0 bridgehead atoms. The lowest BCUT2D eigenvalue weighted by Crippen LogP contribution is -2.01. The van der Waals surface area contributed by atoms with Crippen molar-refractivity contribution in [2.24, 2.45) is 0 Å². The number of rotatable bonds is 3. The molecule has 2 aromatic heterocycles. The van der Waals surface area contributed by atoms with E-state index in [1.54, 1.807) is 19.1 Å². The van der Waals surface area contributed by atoms with Crippen LogP contribution in [-0.2, 0) is 0 Å². The Morgan fingerprint density at radius 1 is 1.44 bits per heavy atom. The van der Waals surface area contributed by atoms with E-state index in [0.717, 1.165) is 6.20 Å². The van der Waals surface area contributed by atoms with Gasteiger partial charge in [-0.15, -0.1) is 0 Å². The molecule has 4 nitrogen and oxygen atoms in total. The van der Waals surface area contributed by atoms with Gasteiger partial charge in [0.05, 0.1) is 12.4 Å². The van der Waals surface area contributed by atoms with Crippen LogP contribution in [0.1, 0.15) is 23.7 Å². The average molecular weight is 219 g/mol. The zero-order valence-corrected chi connectivity index (χ0v) is 8.72. The lowest BCUT2D eigenvalue weighted by molar-refractivity contribution is 0.0988. The first-order valence-electron chi connectivity index (χ1n) is 4.90. The Morgan fingerprint density at radius 2 is 2.25 bits per heavy atom. The summed E-state index contributed by atoms with van der Waals surface area (Å²) >= 11 is 0. The molecule has 5 heteroatoms. The number of carbonyl (C=O) groups is 1. The van der Waals surface area contributed by atoms with Crippen molar-refractivity contribution >= 4 is 5.78 Å². The first kappa shape index (κ1) is 10.5. The van der Waals surface area contributed by atoms with Crippen LogP contribution < -0.4 is 0 Å². The maximum absolute atomic E-state index is 12.7. The van der Waals surface area contributed by atoms with Crippen LogP contribution >= 0.6 is 0 Å². The molecule has 0 aliphatic rings. The van der Waals surface area contributed by atoms with E-state index in [2.05, 4.69) is 10.1 Å². The molecular weight excluding hydrogens is 209 g/mol. The third-order valence-electron chi connectivity index (χ3n) is 2.18. The summed E-state index contributed by atoms with van der Waals surface area (Å²) in [4.78, 5) is 15.4. The monoisotopic (exact) mass is 219 g/mol. The first-order valence-corrected chi connectivity index (χ1v) is 4.90. The summed E-state index contributed by atoms with van der Waals surface area (Å²) in [5.41, 5.74) is 0.555. The van der Waals surface area contributed by atoms with Crippen molar-refractivity contribution in [3.05, 3.63) is 42.1 Å². The molecule has 0 saturated heterocycles. The van der Waals surface area contributed by atoms with Crippen molar-refractivity contribution in [2.75, 3.05) is 0 Å². The standard InChI is InChI=1S/C11H10FN3O/c1-2-10(16)8-3-4-11(13-5-8)15-7-9(12)6-14-15/h3-7H,2H2,1H3. The molecule has 2 heterocycles. The molecule has 0 amide bonds. The Morgan fingerprint density at radius 3 is 2.75 bits per heavy atom. The van der Waals surface area contributed by atoms with Gasteiger partial charge in [-0.25, -0.2) is 14.1 Å². The van der Waals surface area contributed by atoms with Gasteiger partial charge in [0.25, 0.3) is 0 Å². The Hall–Kier alpha value is -2.04. The number of carbonyl (C=O) groups excluding carboxylic acids is 1. The maximum Gasteiger partial charge on any atom is 0.164 e. The zero-order chi connectivity index (χ0) is 11.5. The fourth-order valence-corrected chi connectivity index (χ4v) is 1.32. The lowest BCUT2D eigenvalue weighted by atomic mass is 10.1. The number of hydrogen-bond acceptors (Lipinski definition) is 3. The van der Waals surface area contributed by atoms with Crippen molar-refractivity contribution in [3.63, 3.8) is 0 Å². The van der Waals surface area contributed by atoms with Crippen LogP contribution in [0.2, 0.25) is 0 Å². The molecule has 0 spiro atoms. The van der Waals surface area contributed by atoms with Crippen molar-refractivity contribution in [1.82, 2.24) is 14.8 Å². The summed E-state index contributed by atoms with van der Waals surface area (Å²) in [5.74, 6) is 0.0951. The Bertz CT molecular complexity index is 504. The molecule has 0 atom stereocenters. The van der Waals surface area contributed by atoms with E-state index in [1.807, 2.05) is 0 Å². The molecule has 0 aliphatic heterocycles. The minimum atomic E-state index is -0.421. The zero-order valence-electron chi connectivity index (χ0n) is 8.72. The van der Waals surface area contributed by atoms with Crippen LogP contribution in [0.15, 0.2) is 30.7 Å². The van der Waals surface area contributed by atoms with Gasteiger partial charge in [0, 0.05) is 18.2 Å². The van der Waals surface area contributed by atoms with Crippen LogP contribution in [0.25, 0.3) is 5.82 Å².